The highest BCUT2D eigenvalue weighted by Gasteiger charge is 2.33. The van der Waals surface area contributed by atoms with Gasteiger partial charge < -0.3 is 10.0 Å². The maximum atomic E-state index is 9.47. The van der Waals surface area contributed by atoms with E-state index in [4.69, 9.17) is 0 Å². The summed E-state index contributed by atoms with van der Waals surface area (Å²) in [5.74, 6) is 0.807. The summed E-state index contributed by atoms with van der Waals surface area (Å²) in [6.07, 6.45) is 6.02. The van der Waals surface area contributed by atoms with Crippen LogP contribution in [0.1, 0.15) is 43.4 Å². The van der Waals surface area contributed by atoms with Crippen LogP contribution in [0.15, 0.2) is 12.1 Å². The van der Waals surface area contributed by atoms with E-state index in [9.17, 15) is 10.4 Å². The Kier molecular flexibility index (Phi) is 5.14. The van der Waals surface area contributed by atoms with Crippen LogP contribution in [0.4, 0.5) is 5.82 Å². The number of nitrogens with zero attached hydrogens (tertiary/aromatic N) is 4. The van der Waals surface area contributed by atoms with Gasteiger partial charge >= 0.3 is 0 Å². The van der Waals surface area contributed by atoms with Gasteiger partial charge in [-0.2, -0.15) is 5.26 Å². The molecule has 0 aromatic carbocycles. The van der Waals surface area contributed by atoms with Gasteiger partial charge in [-0.05, 0) is 38.3 Å². The van der Waals surface area contributed by atoms with E-state index in [1.807, 2.05) is 19.1 Å². The van der Waals surface area contributed by atoms with Crippen molar-refractivity contribution >= 4 is 5.82 Å². The molecule has 1 aliphatic carbocycles. The molecule has 2 aliphatic rings. The standard InChI is InChI=1S/C18H26N4O/c1-14-6-7-15(12-19)18(20-14)21-9-10-22(16-4-2-3-5-16)17(13-21)8-11-23/h6-7,16-17,23H,2-5,8-11,13H2,1H3/t17-/m1/s1. The molecule has 1 saturated heterocycles. The molecule has 1 aliphatic heterocycles. The van der Waals surface area contributed by atoms with Crippen molar-refractivity contribution in [2.75, 3.05) is 31.1 Å². The predicted molar refractivity (Wildman–Crippen MR) is 90.4 cm³/mol. The second kappa shape index (κ2) is 7.29. The van der Waals surface area contributed by atoms with E-state index in [-0.39, 0.29) is 6.61 Å². The van der Waals surface area contributed by atoms with Crippen molar-refractivity contribution in [3.63, 3.8) is 0 Å². The predicted octanol–water partition coefficient (Wildman–Crippen LogP) is 2.08. The maximum Gasteiger partial charge on any atom is 0.146 e. The lowest BCUT2D eigenvalue weighted by atomic mass is 10.0. The van der Waals surface area contributed by atoms with Crippen molar-refractivity contribution in [2.45, 2.75) is 51.1 Å². The van der Waals surface area contributed by atoms with E-state index in [1.165, 1.54) is 25.7 Å². The van der Waals surface area contributed by atoms with Gasteiger partial charge in [0.1, 0.15) is 11.9 Å². The molecule has 23 heavy (non-hydrogen) atoms. The van der Waals surface area contributed by atoms with E-state index >= 15 is 0 Å². The smallest absolute Gasteiger partial charge is 0.146 e. The third-order valence-corrected chi connectivity index (χ3v) is 5.22. The first-order chi connectivity index (χ1) is 11.2. The second-order valence-electron chi connectivity index (χ2n) is 6.72. The largest absolute Gasteiger partial charge is 0.396 e. The molecule has 124 valence electrons. The average Bonchev–Trinajstić information content (AvgIpc) is 3.09. The minimum absolute atomic E-state index is 0.216. The van der Waals surface area contributed by atoms with Gasteiger partial charge in [-0.3, -0.25) is 4.90 Å². The SMILES string of the molecule is Cc1ccc(C#N)c(N2CCN(C3CCCC3)[C@H](CCO)C2)n1. The zero-order chi connectivity index (χ0) is 16.2. The van der Waals surface area contributed by atoms with Gasteiger partial charge in [-0.1, -0.05) is 12.8 Å². The highest BCUT2D eigenvalue weighted by molar-refractivity contribution is 5.54. The number of hydrogen-bond acceptors (Lipinski definition) is 5. The molecule has 5 nitrogen and oxygen atoms in total. The molecule has 2 heterocycles. The first-order valence-corrected chi connectivity index (χ1v) is 8.72. The number of anilines is 1. The van der Waals surface area contributed by atoms with Crippen molar-refractivity contribution < 1.29 is 5.11 Å². The van der Waals surface area contributed by atoms with Crippen LogP contribution in [0.2, 0.25) is 0 Å². The Hall–Kier alpha value is -1.64. The first-order valence-electron chi connectivity index (χ1n) is 8.72. The number of piperazine rings is 1. The van der Waals surface area contributed by atoms with Crippen LogP contribution in [0.3, 0.4) is 0 Å². The van der Waals surface area contributed by atoms with Gasteiger partial charge in [-0.25, -0.2) is 4.98 Å². The van der Waals surface area contributed by atoms with E-state index in [0.717, 1.165) is 37.6 Å². The second-order valence-corrected chi connectivity index (χ2v) is 6.72. The number of aromatic nitrogens is 1. The number of aryl methyl sites for hydroxylation is 1. The molecule has 2 fully saturated rings. The number of hydrogen-bond donors (Lipinski definition) is 1. The topological polar surface area (TPSA) is 63.4 Å². The minimum atomic E-state index is 0.216. The van der Waals surface area contributed by atoms with Crippen molar-refractivity contribution in [1.29, 1.82) is 5.26 Å². The molecule has 1 aromatic rings. The first kappa shape index (κ1) is 16.2. The number of rotatable bonds is 4. The monoisotopic (exact) mass is 314 g/mol. The molecule has 0 radical (unpaired) electrons. The fraction of sp³-hybridized carbons (Fsp3) is 0.667. The zero-order valence-electron chi connectivity index (χ0n) is 13.9. The van der Waals surface area contributed by atoms with Crippen LogP contribution in [0.5, 0.6) is 0 Å². The summed E-state index contributed by atoms with van der Waals surface area (Å²) in [6.45, 7) is 4.93. The maximum absolute atomic E-state index is 9.47. The minimum Gasteiger partial charge on any atom is -0.396 e. The number of aliphatic hydroxyl groups is 1. The van der Waals surface area contributed by atoms with Crippen LogP contribution in [0.25, 0.3) is 0 Å². The van der Waals surface area contributed by atoms with E-state index < -0.39 is 0 Å². The van der Waals surface area contributed by atoms with Crippen LogP contribution >= 0.6 is 0 Å². The Balaban J connectivity index is 1.79. The third kappa shape index (κ3) is 3.49. The molecule has 0 amide bonds. The molecular weight excluding hydrogens is 288 g/mol. The van der Waals surface area contributed by atoms with E-state index in [2.05, 4.69) is 20.9 Å². The molecular formula is C18H26N4O. The Morgan fingerprint density at radius 2 is 2.09 bits per heavy atom. The Morgan fingerprint density at radius 3 is 2.78 bits per heavy atom. The fourth-order valence-electron chi connectivity index (χ4n) is 4.06. The van der Waals surface area contributed by atoms with Gasteiger partial charge in [0.2, 0.25) is 0 Å². The van der Waals surface area contributed by atoms with Gasteiger partial charge in [0.05, 0.1) is 5.56 Å². The Bertz CT molecular complexity index is 577. The molecule has 1 N–H and O–H groups in total. The van der Waals surface area contributed by atoms with Crippen molar-refractivity contribution in [3.05, 3.63) is 23.4 Å². The van der Waals surface area contributed by atoms with Gasteiger partial charge in [0.15, 0.2) is 0 Å². The lowest BCUT2D eigenvalue weighted by molar-refractivity contribution is 0.0982. The molecule has 5 heteroatoms. The van der Waals surface area contributed by atoms with Crippen molar-refractivity contribution in [1.82, 2.24) is 9.88 Å². The molecule has 0 spiro atoms. The Morgan fingerprint density at radius 1 is 1.30 bits per heavy atom. The highest BCUT2D eigenvalue weighted by atomic mass is 16.3. The normalized spacial score (nSPS) is 23.2. The van der Waals surface area contributed by atoms with Crippen LogP contribution < -0.4 is 4.90 Å². The molecule has 0 bridgehead atoms. The van der Waals surface area contributed by atoms with Crippen LogP contribution in [-0.4, -0.2) is 53.3 Å². The summed E-state index contributed by atoms with van der Waals surface area (Å²) < 4.78 is 0. The van der Waals surface area contributed by atoms with E-state index in [1.54, 1.807) is 0 Å². The third-order valence-electron chi connectivity index (χ3n) is 5.22. The quantitative estimate of drug-likeness (QED) is 0.922. The molecule has 1 atom stereocenters. The van der Waals surface area contributed by atoms with Crippen molar-refractivity contribution in [2.24, 2.45) is 0 Å². The number of aliphatic hydroxyl groups excluding tert-OH is 1. The fourth-order valence-corrected chi connectivity index (χ4v) is 4.06. The summed E-state index contributed by atoms with van der Waals surface area (Å²) >= 11 is 0. The Labute approximate surface area is 138 Å². The van der Waals surface area contributed by atoms with Gasteiger partial charge in [-0.15, -0.1) is 0 Å². The molecule has 1 saturated carbocycles. The average molecular weight is 314 g/mol. The van der Waals surface area contributed by atoms with E-state index in [0.29, 0.717) is 17.6 Å². The summed E-state index contributed by atoms with van der Waals surface area (Å²) in [7, 11) is 0. The summed E-state index contributed by atoms with van der Waals surface area (Å²) in [6, 6.07) is 7.05. The molecule has 0 unspecified atom stereocenters. The van der Waals surface area contributed by atoms with Gasteiger partial charge in [0.25, 0.3) is 0 Å². The summed E-state index contributed by atoms with van der Waals surface area (Å²) in [5, 5.41) is 18.8. The number of nitriles is 1. The van der Waals surface area contributed by atoms with Crippen molar-refractivity contribution in [3.8, 4) is 6.07 Å². The summed E-state index contributed by atoms with van der Waals surface area (Å²) in [5.41, 5.74) is 1.59. The van der Waals surface area contributed by atoms with Crippen LogP contribution in [0, 0.1) is 18.3 Å². The zero-order valence-corrected chi connectivity index (χ0v) is 13.9. The number of pyridine rings is 1. The molecule has 3 rings (SSSR count). The van der Waals surface area contributed by atoms with Crippen LogP contribution in [-0.2, 0) is 0 Å². The lowest BCUT2D eigenvalue weighted by Gasteiger charge is -2.45. The molecule has 1 aromatic heterocycles. The van der Waals surface area contributed by atoms with Gasteiger partial charge in [0, 0.05) is 44.0 Å². The lowest BCUT2D eigenvalue weighted by Crippen LogP contribution is -2.56. The summed E-state index contributed by atoms with van der Waals surface area (Å²) in [4.78, 5) is 9.44. The highest BCUT2D eigenvalue weighted by Crippen LogP contribution is 2.29.